The molecule has 2 aliphatic rings. The van der Waals surface area contributed by atoms with E-state index in [1.165, 1.54) is 31.7 Å². The second-order valence-corrected chi connectivity index (χ2v) is 11.2. The molecule has 182 valence electrons. The average molecular weight is 495 g/mol. The third-order valence-corrected chi connectivity index (χ3v) is 8.70. The lowest BCUT2D eigenvalue weighted by atomic mass is 9.95. The van der Waals surface area contributed by atoms with Gasteiger partial charge in [0.05, 0.1) is 34.9 Å². The number of aliphatic hydroxyl groups is 1. The van der Waals surface area contributed by atoms with Crippen LogP contribution in [-0.2, 0) is 16.6 Å². The van der Waals surface area contributed by atoms with Crippen LogP contribution in [0.25, 0.3) is 22.4 Å². The Balaban J connectivity index is 1.29. The van der Waals surface area contributed by atoms with Gasteiger partial charge in [0.2, 0.25) is 0 Å². The number of hydrogen-bond acceptors (Lipinski definition) is 9. The number of fused-ring (bicyclic) bond motifs is 1. The molecule has 0 atom stereocenters. The highest BCUT2D eigenvalue weighted by molar-refractivity contribution is 7.90. The van der Waals surface area contributed by atoms with Crippen molar-refractivity contribution >= 4 is 32.7 Å². The Bertz CT molecular complexity index is 1490. The number of aromatic nitrogens is 7. The van der Waals surface area contributed by atoms with Crippen LogP contribution in [0.15, 0.2) is 36.9 Å². The summed E-state index contributed by atoms with van der Waals surface area (Å²) in [6, 6.07) is 3.97. The molecule has 0 unspecified atom stereocenters. The largest absolute Gasteiger partial charge is 0.388 e. The highest BCUT2D eigenvalue weighted by Gasteiger charge is 2.37. The fourth-order valence-corrected chi connectivity index (χ4v) is 6.23. The second-order valence-electron chi connectivity index (χ2n) is 9.14. The molecule has 2 N–H and O–H groups in total. The second kappa shape index (κ2) is 8.68. The van der Waals surface area contributed by atoms with E-state index in [4.69, 9.17) is 0 Å². The summed E-state index contributed by atoms with van der Waals surface area (Å²) in [5.74, 6) is 2.14. The van der Waals surface area contributed by atoms with E-state index in [9.17, 15) is 13.5 Å². The molecule has 6 rings (SSSR count). The first-order chi connectivity index (χ1) is 17.0. The first-order valence-corrected chi connectivity index (χ1v) is 13.4. The highest BCUT2D eigenvalue weighted by Crippen LogP contribution is 2.33. The fourth-order valence-electron chi connectivity index (χ4n) is 4.75. The summed E-state index contributed by atoms with van der Waals surface area (Å²) >= 11 is 0. The predicted octanol–water partition coefficient (Wildman–Crippen LogP) is 3.17. The van der Waals surface area contributed by atoms with Crippen LogP contribution >= 0.6 is 0 Å². The topological polar surface area (TPSA) is 141 Å². The first-order valence-electron chi connectivity index (χ1n) is 11.9. The van der Waals surface area contributed by atoms with Crippen molar-refractivity contribution in [1.82, 2.24) is 33.7 Å². The van der Waals surface area contributed by atoms with Crippen LogP contribution in [0, 0.1) is 0 Å². The number of imidazole rings is 1. The Hall–Kier alpha value is -3.38. The summed E-state index contributed by atoms with van der Waals surface area (Å²) in [5, 5.41) is 16.8. The molecule has 0 amide bonds. The van der Waals surface area contributed by atoms with Gasteiger partial charge in [0.25, 0.3) is 10.0 Å². The lowest BCUT2D eigenvalue weighted by Gasteiger charge is -2.25. The van der Waals surface area contributed by atoms with Gasteiger partial charge in [-0.3, -0.25) is 0 Å². The van der Waals surface area contributed by atoms with E-state index in [0.717, 1.165) is 28.0 Å². The maximum absolute atomic E-state index is 12.4. The number of pyridine rings is 1. The molecular weight excluding hydrogens is 468 g/mol. The molecule has 0 bridgehead atoms. The van der Waals surface area contributed by atoms with Crippen molar-refractivity contribution in [3.63, 3.8) is 0 Å². The number of nitrogens with one attached hydrogen (secondary N) is 1. The van der Waals surface area contributed by atoms with Crippen LogP contribution in [0.1, 0.15) is 56.8 Å². The van der Waals surface area contributed by atoms with Crippen molar-refractivity contribution in [2.75, 3.05) is 5.32 Å². The molecule has 0 aliphatic heterocycles. The maximum atomic E-state index is 12.4. The SMILES string of the molecule is O=S(=O)(C1CC1)n1cc(-c2nccc(Nc3cc4c(cn3)nc(CO)n4C3CCCCC3)n2)cn1. The number of rotatable bonds is 7. The monoisotopic (exact) mass is 494 g/mol. The van der Waals surface area contributed by atoms with Gasteiger partial charge in [0.1, 0.15) is 29.6 Å². The number of anilines is 2. The van der Waals surface area contributed by atoms with Gasteiger partial charge in [-0.05, 0) is 31.7 Å². The van der Waals surface area contributed by atoms with Crippen LogP contribution in [0.4, 0.5) is 11.6 Å². The van der Waals surface area contributed by atoms with Crippen molar-refractivity contribution in [3.8, 4) is 11.4 Å². The van der Waals surface area contributed by atoms with Gasteiger partial charge >= 0.3 is 0 Å². The van der Waals surface area contributed by atoms with E-state index in [0.29, 0.717) is 47.7 Å². The van der Waals surface area contributed by atoms with Gasteiger partial charge in [-0.25, -0.2) is 28.4 Å². The molecule has 2 fully saturated rings. The van der Waals surface area contributed by atoms with Crippen molar-refractivity contribution in [1.29, 1.82) is 0 Å². The van der Waals surface area contributed by atoms with Crippen molar-refractivity contribution < 1.29 is 13.5 Å². The lowest BCUT2D eigenvalue weighted by molar-refractivity contribution is 0.253. The molecule has 4 aromatic heterocycles. The fraction of sp³-hybridized carbons (Fsp3) is 0.435. The van der Waals surface area contributed by atoms with E-state index in [-0.39, 0.29) is 11.9 Å². The zero-order chi connectivity index (χ0) is 24.0. The minimum absolute atomic E-state index is 0.118. The minimum atomic E-state index is -3.45. The van der Waals surface area contributed by atoms with Crippen molar-refractivity contribution in [2.24, 2.45) is 0 Å². The van der Waals surface area contributed by atoms with Crippen LogP contribution in [-0.4, -0.2) is 52.5 Å². The molecule has 2 saturated carbocycles. The molecule has 11 nitrogen and oxygen atoms in total. The smallest absolute Gasteiger partial charge is 0.256 e. The maximum Gasteiger partial charge on any atom is 0.256 e. The van der Waals surface area contributed by atoms with Gasteiger partial charge in [-0.1, -0.05) is 19.3 Å². The Kier molecular flexibility index (Phi) is 5.49. The Labute approximate surface area is 202 Å². The van der Waals surface area contributed by atoms with E-state index >= 15 is 0 Å². The number of nitrogens with zero attached hydrogens (tertiary/aromatic N) is 7. The molecule has 4 aromatic rings. The van der Waals surface area contributed by atoms with Crippen LogP contribution < -0.4 is 5.32 Å². The van der Waals surface area contributed by atoms with Gasteiger partial charge in [-0.2, -0.15) is 9.19 Å². The van der Waals surface area contributed by atoms with Gasteiger partial charge in [-0.15, -0.1) is 0 Å². The van der Waals surface area contributed by atoms with Gasteiger partial charge in [0.15, 0.2) is 5.82 Å². The summed E-state index contributed by atoms with van der Waals surface area (Å²) in [7, 11) is -3.45. The molecule has 0 radical (unpaired) electrons. The normalized spacial score (nSPS) is 17.2. The summed E-state index contributed by atoms with van der Waals surface area (Å²) < 4.78 is 28.0. The van der Waals surface area contributed by atoms with Gasteiger partial charge in [0, 0.05) is 18.3 Å². The van der Waals surface area contributed by atoms with E-state index < -0.39 is 10.0 Å². The third-order valence-electron chi connectivity index (χ3n) is 6.67. The highest BCUT2D eigenvalue weighted by atomic mass is 32.2. The Morgan fingerprint density at radius 1 is 1.03 bits per heavy atom. The van der Waals surface area contributed by atoms with E-state index in [1.807, 2.05) is 6.07 Å². The summed E-state index contributed by atoms with van der Waals surface area (Å²) in [6.07, 6.45) is 13.3. The molecule has 0 spiro atoms. The third kappa shape index (κ3) is 4.16. The summed E-state index contributed by atoms with van der Waals surface area (Å²) in [5.41, 5.74) is 2.20. The van der Waals surface area contributed by atoms with Gasteiger partial charge < -0.3 is 15.0 Å². The standard InChI is InChI=1S/C23H26N8O3S/c32-14-22-27-18-12-25-21(10-19(18)31(22)16-4-2-1-3-5-16)28-20-8-9-24-23(29-20)15-11-26-30(13-15)35(33,34)17-6-7-17/h8-13,16-17,32H,1-7,14H2,(H,24,25,28,29). The predicted molar refractivity (Wildman–Crippen MR) is 129 cm³/mol. The Morgan fingerprint density at radius 2 is 1.86 bits per heavy atom. The molecule has 4 heterocycles. The van der Waals surface area contributed by atoms with Crippen LogP contribution in [0.2, 0.25) is 0 Å². The molecule has 12 heteroatoms. The molecular formula is C23H26N8O3S. The number of aliphatic hydroxyl groups excluding tert-OH is 1. The van der Waals surface area contributed by atoms with E-state index in [2.05, 4.69) is 34.9 Å². The average Bonchev–Trinajstić information content (AvgIpc) is 3.51. The molecule has 0 saturated heterocycles. The zero-order valence-electron chi connectivity index (χ0n) is 19.1. The first kappa shape index (κ1) is 22.1. The minimum Gasteiger partial charge on any atom is -0.388 e. The molecule has 2 aliphatic carbocycles. The summed E-state index contributed by atoms with van der Waals surface area (Å²) in [4.78, 5) is 17.9. The lowest BCUT2D eigenvalue weighted by Crippen LogP contribution is -2.17. The van der Waals surface area contributed by atoms with Crippen LogP contribution in [0.5, 0.6) is 0 Å². The molecule has 0 aromatic carbocycles. The quantitative estimate of drug-likeness (QED) is 0.396. The van der Waals surface area contributed by atoms with Crippen molar-refractivity contribution in [2.45, 2.75) is 62.8 Å². The Morgan fingerprint density at radius 3 is 2.63 bits per heavy atom. The van der Waals surface area contributed by atoms with E-state index in [1.54, 1.807) is 18.5 Å². The number of hydrogen-bond donors (Lipinski definition) is 2. The molecule has 35 heavy (non-hydrogen) atoms. The van der Waals surface area contributed by atoms with Crippen molar-refractivity contribution in [3.05, 3.63) is 42.7 Å². The zero-order valence-corrected chi connectivity index (χ0v) is 19.9. The van der Waals surface area contributed by atoms with Crippen LogP contribution in [0.3, 0.4) is 0 Å². The summed E-state index contributed by atoms with van der Waals surface area (Å²) in [6.45, 7) is -0.118.